The lowest BCUT2D eigenvalue weighted by Gasteiger charge is -2.08. The van der Waals surface area contributed by atoms with E-state index in [9.17, 15) is 9.18 Å². The van der Waals surface area contributed by atoms with Crippen molar-refractivity contribution in [1.82, 2.24) is 4.98 Å². The van der Waals surface area contributed by atoms with Crippen molar-refractivity contribution in [2.75, 3.05) is 5.32 Å². The Hall–Kier alpha value is -1.75. The molecule has 1 aromatic carbocycles. The molecule has 0 saturated carbocycles. The van der Waals surface area contributed by atoms with Gasteiger partial charge in [0, 0.05) is 10.0 Å². The highest BCUT2D eigenvalue weighted by Crippen LogP contribution is 2.20. The van der Waals surface area contributed by atoms with E-state index in [1.54, 1.807) is 12.1 Å². The van der Waals surface area contributed by atoms with Gasteiger partial charge in [0.25, 0.3) is 5.91 Å². The topological polar surface area (TPSA) is 42.0 Å². The molecular formula is C13H10BrFN2O. The lowest BCUT2D eigenvalue weighted by Crippen LogP contribution is -2.13. The highest BCUT2D eigenvalue weighted by molar-refractivity contribution is 9.10. The average Bonchev–Trinajstić information content (AvgIpc) is 2.35. The van der Waals surface area contributed by atoms with Gasteiger partial charge in [-0.2, -0.15) is 4.39 Å². The first-order valence-electron chi connectivity index (χ1n) is 5.26. The van der Waals surface area contributed by atoms with Crippen LogP contribution < -0.4 is 5.32 Å². The molecule has 3 nitrogen and oxygen atoms in total. The highest BCUT2D eigenvalue weighted by Gasteiger charge is 2.10. The number of pyridine rings is 1. The van der Waals surface area contributed by atoms with Crippen LogP contribution in [0, 0.1) is 12.9 Å². The lowest BCUT2D eigenvalue weighted by atomic mass is 10.1. The van der Waals surface area contributed by atoms with Gasteiger partial charge in [0.1, 0.15) is 0 Å². The van der Waals surface area contributed by atoms with Gasteiger partial charge in [0.2, 0.25) is 5.95 Å². The highest BCUT2D eigenvalue weighted by atomic mass is 79.9. The summed E-state index contributed by atoms with van der Waals surface area (Å²) >= 11 is 3.37. The van der Waals surface area contributed by atoms with E-state index < -0.39 is 5.95 Å². The van der Waals surface area contributed by atoms with E-state index in [-0.39, 0.29) is 5.91 Å². The second-order valence-corrected chi connectivity index (χ2v) is 4.59. The normalized spacial score (nSPS) is 10.2. The van der Waals surface area contributed by atoms with Gasteiger partial charge in [-0.15, -0.1) is 0 Å². The number of amides is 1. The summed E-state index contributed by atoms with van der Waals surface area (Å²) in [5, 5.41) is 2.66. The van der Waals surface area contributed by atoms with Crippen LogP contribution >= 0.6 is 15.9 Å². The van der Waals surface area contributed by atoms with E-state index in [0.717, 1.165) is 10.0 Å². The predicted molar refractivity (Wildman–Crippen MR) is 71.0 cm³/mol. The Morgan fingerprint density at radius 2 is 2.11 bits per heavy atom. The number of nitrogens with one attached hydrogen (secondary N) is 1. The first kappa shape index (κ1) is 12.7. The molecule has 0 bridgehead atoms. The number of aromatic nitrogens is 1. The number of rotatable bonds is 2. The van der Waals surface area contributed by atoms with Crippen LogP contribution in [0.15, 0.2) is 41.0 Å². The van der Waals surface area contributed by atoms with Crippen molar-refractivity contribution >= 4 is 27.5 Å². The second-order valence-electron chi connectivity index (χ2n) is 3.74. The van der Waals surface area contributed by atoms with Crippen LogP contribution in [0.4, 0.5) is 10.1 Å². The molecular weight excluding hydrogens is 299 g/mol. The van der Waals surface area contributed by atoms with Crippen LogP contribution in [-0.4, -0.2) is 10.9 Å². The Balaban J connectivity index is 2.22. The van der Waals surface area contributed by atoms with Gasteiger partial charge in [-0.3, -0.25) is 4.79 Å². The van der Waals surface area contributed by atoms with Crippen LogP contribution in [0.3, 0.4) is 0 Å². The predicted octanol–water partition coefficient (Wildman–Crippen LogP) is 3.54. The van der Waals surface area contributed by atoms with E-state index in [1.165, 1.54) is 18.3 Å². The number of nitrogens with zero attached hydrogens (tertiary/aromatic N) is 1. The minimum atomic E-state index is -0.577. The smallest absolute Gasteiger partial charge is 0.256 e. The fourth-order valence-electron chi connectivity index (χ4n) is 1.50. The molecule has 5 heteroatoms. The third-order valence-corrected chi connectivity index (χ3v) is 3.36. The van der Waals surface area contributed by atoms with Crippen molar-refractivity contribution in [2.45, 2.75) is 6.92 Å². The number of hydrogen-bond acceptors (Lipinski definition) is 2. The summed E-state index contributed by atoms with van der Waals surface area (Å²) in [7, 11) is 0. The molecule has 0 saturated heterocycles. The van der Waals surface area contributed by atoms with Crippen LogP contribution in [0.5, 0.6) is 0 Å². The summed E-state index contributed by atoms with van der Waals surface area (Å²) in [6, 6.07) is 8.05. The maximum Gasteiger partial charge on any atom is 0.256 e. The van der Waals surface area contributed by atoms with Gasteiger partial charge in [0.05, 0.1) is 11.9 Å². The lowest BCUT2D eigenvalue weighted by molar-refractivity contribution is 0.102. The van der Waals surface area contributed by atoms with Crippen LogP contribution in [-0.2, 0) is 0 Å². The van der Waals surface area contributed by atoms with Gasteiger partial charge < -0.3 is 5.32 Å². The Labute approximate surface area is 112 Å². The van der Waals surface area contributed by atoms with Crippen LogP contribution in [0.1, 0.15) is 15.9 Å². The summed E-state index contributed by atoms with van der Waals surface area (Å²) in [6.07, 6.45) is 1.28. The Bertz CT molecular complexity index is 584. The average molecular weight is 309 g/mol. The standard InChI is InChI=1S/C13H10BrFN2O/c1-8-10(3-2-4-11(8)14)13(18)17-9-5-6-12(15)16-7-9/h2-7H,1H3,(H,17,18). The summed E-state index contributed by atoms with van der Waals surface area (Å²) < 4.78 is 13.5. The summed E-state index contributed by atoms with van der Waals surface area (Å²) in [4.78, 5) is 15.5. The summed E-state index contributed by atoms with van der Waals surface area (Å²) in [5.41, 5.74) is 1.87. The maximum absolute atomic E-state index is 12.6. The number of anilines is 1. The third kappa shape index (κ3) is 2.73. The Morgan fingerprint density at radius 3 is 2.78 bits per heavy atom. The van der Waals surface area contributed by atoms with Crippen molar-refractivity contribution < 1.29 is 9.18 Å². The fraction of sp³-hybridized carbons (Fsp3) is 0.0769. The molecule has 0 radical (unpaired) electrons. The molecule has 92 valence electrons. The van der Waals surface area contributed by atoms with E-state index in [2.05, 4.69) is 26.2 Å². The fourth-order valence-corrected chi connectivity index (χ4v) is 1.87. The molecule has 1 amide bonds. The quantitative estimate of drug-likeness (QED) is 0.862. The number of hydrogen-bond donors (Lipinski definition) is 1. The van der Waals surface area contributed by atoms with Crippen molar-refractivity contribution in [3.05, 3.63) is 58.1 Å². The number of benzene rings is 1. The van der Waals surface area contributed by atoms with Gasteiger partial charge >= 0.3 is 0 Å². The summed E-state index contributed by atoms with van der Waals surface area (Å²) in [6.45, 7) is 1.85. The molecule has 0 fully saturated rings. The zero-order valence-corrected chi connectivity index (χ0v) is 11.2. The monoisotopic (exact) mass is 308 g/mol. The maximum atomic E-state index is 12.6. The van der Waals surface area contributed by atoms with Crippen LogP contribution in [0.25, 0.3) is 0 Å². The first-order chi connectivity index (χ1) is 8.58. The zero-order valence-electron chi connectivity index (χ0n) is 9.58. The van der Waals surface area contributed by atoms with Gasteiger partial charge in [-0.05, 0) is 36.8 Å². The van der Waals surface area contributed by atoms with E-state index in [4.69, 9.17) is 0 Å². The molecule has 18 heavy (non-hydrogen) atoms. The number of halogens is 2. The van der Waals surface area contributed by atoms with E-state index in [0.29, 0.717) is 11.3 Å². The molecule has 0 aliphatic rings. The molecule has 1 heterocycles. The van der Waals surface area contributed by atoms with Gasteiger partial charge in [-0.1, -0.05) is 22.0 Å². The Kier molecular flexibility index (Phi) is 3.72. The van der Waals surface area contributed by atoms with E-state index >= 15 is 0 Å². The molecule has 1 aromatic heterocycles. The van der Waals surface area contributed by atoms with Crippen LogP contribution in [0.2, 0.25) is 0 Å². The van der Waals surface area contributed by atoms with Crippen molar-refractivity contribution in [1.29, 1.82) is 0 Å². The first-order valence-corrected chi connectivity index (χ1v) is 6.05. The minimum Gasteiger partial charge on any atom is -0.321 e. The third-order valence-electron chi connectivity index (χ3n) is 2.50. The SMILES string of the molecule is Cc1c(Br)cccc1C(=O)Nc1ccc(F)nc1. The molecule has 0 atom stereocenters. The van der Waals surface area contributed by atoms with E-state index in [1.807, 2.05) is 13.0 Å². The minimum absolute atomic E-state index is 0.248. The molecule has 0 aliphatic carbocycles. The largest absolute Gasteiger partial charge is 0.321 e. The van der Waals surface area contributed by atoms with Gasteiger partial charge in [-0.25, -0.2) is 4.98 Å². The molecule has 0 unspecified atom stereocenters. The second kappa shape index (κ2) is 5.27. The molecule has 0 spiro atoms. The molecule has 2 aromatic rings. The summed E-state index contributed by atoms with van der Waals surface area (Å²) in [5.74, 6) is -0.825. The Morgan fingerprint density at radius 1 is 1.33 bits per heavy atom. The van der Waals surface area contributed by atoms with Crippen molar-refractivity contribution in [2.24, 2.45) is 0 Å². The zero-order chi connectivity index (χ0) is 13.1. The number of carbonyl (C=O) groups excluding carboxylic acids is 1. The molecule has 0 aliphatic heterocycles. The molecule has 1 N–H and O–H groups in total. The molecule has 2 rings (SSSR count). The van der Waals surface area contributed by atoms with Gasteiger partial charge in [0.15, 0.2) is 0 Å². The van der Waals surface area contributed by atoms with Crippen molar-refractivity contribution in [3.63, 3.8) is 0 Å². The number of carbonyl (C=O) groups is 1. The van der Waals surface area contributed by atoms with Crippen molar-refractivity contribution in [3.8, 4) is 0 Å².